The van der Waals surface area contributed by atoms with Gasteiger partial charge in [0.2, 0.25) is 0 Å². The van der Waals surface area contributed by atoms with Crippen molar-refractivity contribution in [1.82, 2.24) is 14.7 Å². The fourth-order valence-electron chi connectivity index (χ4n) is 1.38. The Balaban J connectivity index is 2.69. The molecule has 1 aromatic heterocycles. The van der Waals surface area contributed by atoms with E-state index in [0.29, 0.717) is 18.9 Å². The molecule has 0 saturated heterocycles. The van der Waals surface area contributed by atoms with Crippen LogP contribution in [0.25, 0.3) is 0 Å². The first-order valence-electron chi connectivity index (χ1n) is 5.48. The number of nitrogens with one attached hydrogen (secondary N) is 2. The molecule has 98 valence electrons. The fourth-order valence-corrected chi connectivity index (χ4v) is 2.59. The molecule has 0 aliphatic carbocycles. The van der Waals surface area contributed by atoms with Crippen molar-refractivity contribution in [1.29, 1.82) is 0 Å². The van der Waals surface area contributed by atoms with Crippen molar-refractivity contribution in [3.05, 3.63) is 12.0 Å². The lowest BCUT2D eigenvalue weighted by Gasteiger charge is -2.23. The SMILES string of the molecule is Cc1ncc(S(=O)(=O)NCC(C)(C)CCN)[nH]1. The van der Waals surface area contributed by atoms with Crippen LogP contribution in [0.1, 0.15) is 26.1 Å². The molecule has 0 saturated carbocycles. The average molecular weight is 260 g/mol. The van der Waals surface area contributed by atoms with Crippen LogP contribution in [0.3, 0.4) is 0 Å². The van der Waals surface area contributed by atoms with Crippen molar-refractivity contribution in [2.45, 2.75) is 32.2 Å². The van der Waals surface area contributed by atoms with E-state index in [1.807, 2.05) is 13.8 Å². The van der Waals surface area contributed by atoms with Gasteiger partial charge in [0.15, 0.2) is 5.03 Å². The summed E-state index contributed by atoms with van der Waals surface area (Å²) >= 11 is 0. The third-order valence-electron chi connectivity index (χ3n) is 2.53. The monoisotopic (exact) mass is 260 g/mol. The second kappa shape index (κ2) is 5.16. The van der Waals surface area contributed by atoms with Gasteiger partial charge in [-0.05, 0) is 25.3 Å². The fraction of sp³-hybridized carbons (Fsp3) is 0.700. The van der Waals surface area contributed by atoms with E-state index in [2.05, 4.69) is 14.7 Å². The topological polar surface area (TPSA) is 101 Å². The first-order chi connectivity index (χ1) is 7.77. The highest BCUT2D eigenvalue weighted by atomic mass is 32.2. The van der Waals surface area contributed by atoms with Crippen molar-refractivity contribution in [3.63, 3.8) is 0 Å². The summed E-state index contributed by atoms with van der Waals surface area (Å²) in [6.45, 7) is 6.54. The van der Waals surface area contributed by atoms with E-state index in [1.165, 1.54) is 6.20 Å². The molecule has 0 atom stereocenters. The summed E-state index contributed by atoms with van der Waals surface area (Å²) in [7, 11) is -3.50. The maximum absolute atomic E-state index is 11.9. The Labute approximate surface area is 102 Å². The van der Waals surface area contributed by atoms with E-state index in [-0.39, 0.29) is 10.4 Å². The molecule has 0 amide bonds. The van der Waals surface area contributed by atoms with E-state index in [0.717, 1.165) is 6.42 Å². The van der Waals surface area contributed by atoms with Crippen LogP contribution in [0.15, 0.2) is 11.2 Å². The van der Waals surface area contributed by atoms with Crippen molar-refractivity contribution < 1.29 is 8.42 Å². The molecule has 0 aliphatic heterocycles. The first kappa shape index (κ1) is 14.1. The quantitative estimate of drug-likeness (QED) is 0.688. The maximum Gasteiger partial charge on any atom is 0.257 e. The maximum atomic E-state index is 11.9. The molecule has 1 aromatic rings. The Morgan fingerprint density at radius 1 is 1.53 bits per heavy atom. The van der Waals surface area contributed by atoms with Crippen LogP contribution in [0, 0.1) is 12.3 Å². The van der Waals surface area contributed by atoms with Crippen LogP contribution in [0.2, 0.25) is 0 Å². The summed E-state index contributed by atoms with van der Waals surface area (Å²) in [5, 5.41) is 0.0959. The number of H-pyrrole nitrogens is 1. The molecular weight excluding hydrogens is 240 g/mol. The first-order valence-corrected chi connectivity index (χ1v) is 6.96. The predicted molar refractivity (Wildman–Crippen MR) is 66.0 cm³/mol. The van der Waals surface area contributed by atoms with Crippen molar-refractivity contribution in [2.75, 3.05) is 13.1 Å². The minimum absolute atomic E-state index is 0.0959. The van der Waals surface area contributed by atoms with Crippen LogP contribution in [-0.2, 0) is 10.0 Å². The summed E-state index contributed by atoms with van der Waals surface area (Å²) in [6, 6.07) is 0. The van der Waals surface area contributed by atoms with Gasteiger partial charge < -0.3 is 10.7 Å². The standard InChI is InChI=1S/C10H20N4O2S/c1-8-12-6-9(14-8)17(15,16)13-7-10(2,3)4-5-11/h6,13H,4-5,7,11H2,1-3H3,(H,12,14). The molecule has 1 rings (SSSR count). The highest BCUT2D eigenvalue weighted by molar-refractivity contribution is 7.89. The summed E-state index contributed by atoms with van der Waals surface area (Å²) in [5.41, 5.74) is 5.32. The van der Waals surface area contributed by atoms with Crippen molar-refractivity contribution in [3.8, 4) is 0 Å². The summed E-state index contributed by atoms with van der Waals surface area (Å²) in [4.78, 5) is 6.57. The third-order valence-corrected chi connectivity index (χ3v) is 3.84. The molecule has 0 unspecified atom stereocenters. The second-order valence-electron chi connectivity index (χ2n) is 4.86. The number of sulfonamides is 1. The van der Waals surface area contributed by atoms with Gasteiger partial charge in [-0.2, -0.15) is 0 Å². The molecule has 0 fully saturated rings. The van der Waals surface area contributed by atoms with Crippen LogP contribution < -0.4 is 10.5 Å². The Morgan fingerprint density at radius 3 is 2.65 bits per heavy atom. The molecule has 0 aliphatic rings. The van der Waals surface area contributed by atoms with E-state index in [1.54, 1.807) is 6.92 Å². The van der Waals surface area contributed by atoms with Gasteiger partial charge in [0.1, 0.15) is 5.82 Å². The number of aromatic amines is 1. The number of rotatable bonds is 6. The number of imidazole rings is 1. The number of aryl methyl sites for hydroxylation is 1. The Morgan fingerprint density at radius 2 is 2.18 bits per heavy atom. The minimum Gasteiger partial charge on any atom is -0.332 e. The number of aromatic nitrogens is 2. The molecule has 7 heteroatoms. The predicted octanol–water partition coefficient (Wildman–Crippen LogP) is 0.371. The average Bonchev–Trinajstić information content (AvgIpc) is 2.63. The van der Waals surface area contributed by atoms with E-state index in [9.17, 15) is 8.42 Å². The van der Waals surface area contributed by atoms with Crippen molar-refractivity contribution in [2.24, 2.45) is 11.1 Å². The molecule has 0 bridgehead atoms. The Kier molecular flexibility index (Phi) is 4.29. The van der Waals surface area contributed by atoms with E-state index in [4.69, 9.17) is 5.73 Å². The number of hydrogen-bond donors (Lipinski definition) is 3. The molecule has 0 radical (unpaired) electrons. The van der Waals surface area contributed by atoms with Crippen LogP contribution >= 0.6 is 0 Å². The number of nitrogens with zero attached hydrogens (tertiary/aromatic N) is 1. The largest absolute Gasteiger partial charge is 0.332 e. The zero-order valence-corrected chi connectivity index (χ0v) is 11.3. The van der Waals surface area contributed by atoms with Crippen molar-refractivity contribution >= 4 is 10.0 Å². The lowest BCUT2D eigenvalue weighted by molar-refractivity contribution is 0.340. The number of hydrogen-bond acceptors (Lipinski definition) is 4. The summed E-state index contributed by atoms with van der Waals surface area (Å²) in [5.74, 6) is 0.576. The lowest BCUT2D eigenvalue weighted by Crippen LogP contribution is -2.35. The lowest BCUT2D eigenvalue weighted by atomic mass is 9.90. The van der Waals surface area contributed by atoms with E-state index < -0.39 is 10.0 Å². The van der Waals surface area contributed by atoms with Gasteiger partial charge in [-0.25, -0.2) is 18.1 Å². The molecule has 0 aromatic carbocycles. The zero-order chi connectivity index (χ0) is 13.1. The molecule has 6 nitrogen and oxygen atoms in total. The van der Waals surface area contributed by atoms with Crippen LogP contribution in [-0.4, -0.2) is 31.5 Å². The van der Waals surface area contributed by atoms with Gasteiger partial charge in [-0.3, -0.25) is 0 Å². The number of nitrogens with two attached hydrogens (primary N) is 1. The third kappa shape index (κ3) is 4.10. The highest BCUT2D eigenvalue weighted by Gasteiger charge is 2.22. The van der Waals surface area contributed by atoms with Gasteiger partial charge in [0.25, 0.3) is 10.0 Å². The second-order valence-corrected chi connectivity index (χ2v) is 6.60. The molecular formula is C10H20N4O2S. The smallest absolute Gasteiger partial charge is 0.257 e. The zero-order valence-electron chi connectivity index (χ0n) is 10.4. The summed E-state index contributed by atoms with van der Waals surface area (Å²) in [6.07, 6.45) is 2.07. The normalized spacial score (nSPS) is 12.9. The minimum atomic E-state index is -3.50. The van der Waals surface area contributed by atoms with Gasteiger partial charge in [-0.15, -0.1) is 0 Å². The molecule has 1 heterocycles. The van der Waals surface area contributed by atoms with Crippen LogP contribution in [0.5, 0.6) is 0 Å². The molecule has 17 heavy (non-hydrogen) atoms. The van der Waals surface area contributed by atoms with Gasteiger partial charge in [0.05, 0.1) is 6.20 Å². The van der Waals surface area contributed by atoms with Gasteiger partial charge in [0, 0.05) is 6.54 Å². The van der Waals surface area contributed by atoms with Gasteiger partial charge >= 0.3 is 0 Å². The molecule has 0 spiro atoms. The highest BCUT2D eigenvalue weighted by Crippen LogP contribution is 2.18. The Hall–Kier alpha value is -0.920. The van der Waals surface area contributed by atoms with E-state index >= 15 is 0 Å². The molecule has 4 N–H and O–H groups in total. The van der Waals surface area contributed by atoms with Gasteiger partial charge in [-0.1, -0.05) is 13.8 Å². The van der Waals surface area contributed by atoms with Crippen LogP contribution in [0.4, 0.5) is 0 Å². The Bertz CT molecular complexity index is 464. The summed E-state index contributed by atoms with van der Waals surface area (Å²) < 4.78 is 26.3.